The maximum atomic E-state index is 13.8. The minimum atomic E-state index is -4.07. The minimum absolute atomic E-state index is 0.0862. The molecule has 36 heavy (non-hydrogen) atoms. The van der Waals surface area contributed by atoms with E-state index in [0.29, 0.717) is 5.69 Å². The highest BCUT2D eigenvalue weighted by molar-refractivity contribution is 7.92. The normalized spacial score (nSPS) is 12.0. The summed E-state index contributed by atoms with van der Waals surface area (Å²) in [6.07, 6.45) is 0. The van der Waals surface area contributed by atoms with Crippen LogP contribution in [0.25, 0.3) is 0 Å². The summed E-state index contributed by atoms with van der Waals surface area (Å²) >= 11 is 0. The molecule has 0 spiro atoms. The van der Waals surface area contributed by atoms with Gasteiger partial charge in [-0.1, -0.05) is 60.2 Å². The second-order valence-electron chi connectivity index (χ2n) is 8.84. The van der Waals surface area contributed by atoms with E-state index in [1.54, 1.807) is 37.3 Å². The number of anilines is 1. The Morgan fingerprint density at radius 2 is 1.53 bits per heavy atom. The zero-order valence-corrected chi connectivity index (χ0v) is 22.2. The molecule has 190 valence electrons. The number of nitrogens with one attached hydrogen (secondary N) is 1. The van der Waals surface area contributed by atoms with E-state index in [1.165, 1.54) is 24.1 Å². The Labute approximate surface area is 213 Å². The molecule has 0 heterocycles. The summed E-state index contributed by atoms with van der Waals surface area (Å²) in [5.74, 6) is -0.813. The Hall–Kier alpha value is -3.65. The van der Waals surface area contributed by atoms with Crippen molar-refractivity contribution in [2.45, 2.75) is 45.2 Å². The molecule has 0 aliphatic rings. The largest absolute Gasteiger partial charge is 0.357 e. The van der Waals surface area contributed by atoms with Gasteiger partial charge < -0.3 is 10.2 Å². The number of amides is 2. The maximum absolute atomic E-state index is 13.8. The molecule has 0 bridgehead atoms. The van der Waals surface area contributed by atoms with Gasteiger partial charge in [-0.05, 0) is 62.6 Å². The van der Waals surface area contributed by atoms with Crippen LogP contribution in [0.4, 0.5) is 5.69 Å². The quantitative estimate of drug-likeness (QED) is 0.475. The molecule has 8 heteroatoms. The van der Waals surface area contributed by atoms with Gasteiger partial charge >= 0.3 is 0 Å². The van der Waals surface area contributed by atoms with Crippen LogP contribution in [0.15, 0.2) is 77.7 Å². The molecule has 0 aromatic heterocycles. The summed E-state index contributed by atoms with van der Waals surface area (Å²) in [4.78, 5) is 27.8. The molecule has 0 saturated heterocycles. The van der Waals surface area contributed by atoms with Crippen LogP contribution in [0.1, 0.15) is 29.2 Å². The second kappa shape index (κ2) is 11.4. The highest BCUT2D eigenvalue weighted by Crippen LogP contribution is 2.29. The van der Waals surface area contributed by atoms with Gasteiger partial charge in [0.15, 0.2) is 0 Å². The lowest BCUT2D eigenvalue weighted by molar-refractivity contribution is -0.139. The molecule has 0 fully saturated rings. The van der Waals surface area contributed by atoms with Gasteiger partial charge in [0.2, 0.25) is 11.8 Å². The van der Waals surface area contributed by atoms with Crippen molar-refractivity contribution in [2.24, 2.45) is 0 Å². The van der Waals surface area contributed by atoms with Gasteiger partial charge in [0.1, 0.15) is 12.6 Å². The Balaban J connectivity index is 2.06. The van der Waals surface area contributed by atoms with Gasteiger partial charge in [-0.25, -0.2) is 8.42 Å². The van der Waals surface area contributed by atoms with Crippen LogP contribution in [-0.4, -0.2) is 44.8 Å². The topological polar surface area (TPSA) is 86.8 Å². The fourth-order valence-corrected chi connectivity index (χ4v) is 5.41. The first-order valence-corrected chi connectivity index (χ1v) is 13.2. The van der Waals surface area contributed by atoms with Crippen molar-refractivity contribution in [1.29, 1.82) is 0 Å². The SMILES string of the molecule is CNC(=O)C(C)N(Cc1ccc(C)cc1)C(=O)CN(c1cccc(C)c1C)S(=O)(=O)c1ccccc1. The van der Waals surface area contributed by atoms with Gasteiger partial charge in [-0.2, -0.15) is 0 Å². The van der Waals surface area contributed by atoms with Crippen molar-refractivity contribution in [1.82, 2.24) is 10.2 Å². The van der Waals surface area contributed by atoms with Crippen molar-refractivity contribution in [2.75, 3.05) is 17.9 Å². The van der Waals surface area contributed by atoms with Crippen molar-refractivity contribution in [3.05, 3.63) is 95.1 Å². The first-order valence-electron chi connectivity index (χ1n) is 11.8. The number of benzene rings is 3. The predicted octanol–water partition coefficient (Wildman–Crippen LogP) is 3.97. The predicted molar refractivity (Wildman–Crippen MR) is 142 cm³/mol. The number of sulfonamides is 1. The van der Waals surface area contributed by atoms with E-state index in [-0.39, 0.29) is 17.3 Å². The third-order valence-corrected chi connectivity index (χ3v) is 8.12. The smallest absolute Gasteiger partial charge is 0.264 e. The third kappa shape index (κ3) is 5.94. The van der Waals surface area contributed by atoms with Gasteiger partial charge in [0.05, 0.1) is 10.6 Å². The summed E-state index contributed by atoms with van der Waals surface area (Å²) in [7, 11) is -2.56. The molecule has 1 atom stereocenters. The summed E-state index contributed by atoms with van der Waals surface area (Å²) < 4.78 is 28.7. The fourth-order valence-electron chi connectivity index (χ4n) is 3.92. The molecule has 2 amide bonds. The first kappa shape index (κ1) is 26.9. The van der Waals surface area contributed by atoms with E-state index in [0.717, 1.165) is 26.6 Å². The lowest BCUT2D eigenvalue weighted by Crippen LogP contribution is -2.50. The van der Waals surface area contributed by atoms with E-state index >= 15 is 0 Å². The molecule has 0 aliphatic carbocycles. The second-order valence-corrected chi connectivity index (χ2v) is 10.7. The summed E-state index contributed by atoms with van der Waals surface area (Å²) in [6.45, 7) is 7.05. The molecule has 1 unspecified atom stereocenters. The number of carbonyl (C=O) groups is 2. The Morgan fingerprint density at radius 1 is 0.889 bits per heavy atom. The van der Waals surface area contributed by atoms with E-state index in [2.05, 4.69) is 5.32 Å². The molecule has 3 rings (SSSR count). The molecular formula is C28H33N3O4S. The molecule has 1 N–H and O–H groups in total. The highest BCUT2D eigenvalue weighted by atomic mass is 32.2. The fraction of sp³-hybridized carbons (Fsp3) is 0.286. The van der Waals surface area contributed by atoms with Crippen LogP contribution < -0.4 is 9.62 Å². The lowest BCUT2D eigenvalue weighted by atomic mass is 10.1. The van der Waals surface area contributed by atoms with Crippen LogP contribution in [0.2, 0.25) is 0 Å². The standard InChI is InChI=1S/C28H33N3O4S/c1-20-14-16-24(17-15-20)18-30(23(4)28(33)29-5)27(32)19-31(26-13-9-10-21(2)22(26)3)36(34,35)25-11-7-6-8-12-25/h6-17,23H,18-19H2,1-5H3,(H,29,33). The van der Waals surface area contributed by atoms with Crippen LogP contribution in [0.5, 0.6) is 0 Å². The average molecular weight is 508 g/mol. The number of rotatable bonds is 9. The van der Waals surface area contributed by atoms with Crippen LogP contribution >= 0.6 is 0 Å². The van der Waals surface area contributed by atoms with E-state index in [9.17, 15) is 18.0 Å². The van der Waals surface area contributed by atoms with E-state index in [1.807, 2.05) is 51.1 Å². The van der Waals surface area contributed by atoms with Crippen molar-refractivity contribution >= 4 is 27.5 Å². The van der Waals surface area contributed by atoms with Gasteiger partial charge in [-0.15, -0.1) is 0 Å². The van der Waals surface area contributed by atoms with Crippen LogP contribution in [0, 0.1) is 20.8 Å². The first-order chi connectivity index (χ1) is 17.1. The number of carbonyl (C=O) groups excluding carboxylic acids is 2. The zero-order chi connectivity index (χ0) is 26.5. The zero-order valence-electron chi connectivity index (χ0n) is 21.4. The number of aryl methyl sites for hydroxylation is 2. The van der Waals surface area contributed by atoms with Crippen LogP contribution in [-0.2, 0) is 26.2 Å². The summed E-state index contributed by atoms with van der Waals surface area (Å²) in [5.41, 5.74) is 4.01. The molecule has 0 radical (unpaired) electrons. The van der Waals surface area contributed by atoms with E-state index in [4.69, 9.17) is 0 Å². The average Bonchev–Trinajstić information content (AvgIpc) is 2.88. The Bertz CT molecular complexity index is 1320. The molecule has 3 aromatic rings. The minimum Gasteiger partial charge on any atom is -0.357 e. The van der Waals surface area contributed by atoms with Crippen LogP contribution in [0.3, 0.4) is 0 Å². The molecule has 0 aliphatic heterocycles. The lowest BCUT2D eigenvalue weighted by Gasteiger charge is -2.32. The molecule has 0 saturated carbocycles. The molecular weight excluding hydrogens is 474 g/mol. The number of likely N-dealkylation sites (N-methyl/N-ethyl adjacent to an activating group) is 1. The third-order valence-electron chi connectivity index (χ3n) is 6.34. The van der Waals surface area contributed by atoms with Gasteiger partial charge in [0, 0.05) is 13.6 Å². The number of nitrogens with zero attached hydrogens (tertiary/aromatic N) is 2. The Kier molecular flexibility index (Phi) is 8.53. The number of hydrogen-bond acceptors (Lipinski definition) is 4. The van der Waals surface area contributed by atoms with Crippen molar-refractivity contribution < 1.29 is 18.0 Å². The van der Waals surface area contributed by atoms with E-state index < -0.39 is 28.5 Å². The molecule has 7 nitrogen and oxygen atoms in total. The molecule has 3 aromatic carbocycles. The van der Waals surface area contributed by atoms with Gasteiger partial charge in [-0.3, -0.25) is 13.9 Å². The summed E-state index contributed by atoms with van der Waals surface area (Å²) in [6, 6.07) is 20.3. The maximum Gasteiger partial charge on any atom is 0.264 e. The van der Waals surface area contributed by atoms with Crippen molar-refractivity contribution in [3.8, 4) is 0 Å². The Morgan fingerprint density at radius 3 is 2.14 bits per heavy atom. The highest BCUT2D eigenvalue weighted by Gasteiger charge is 2.33. The van der Waals surface area contributed by atoms with Crippen molar-refractivity contribution in [3.63, 3.8) is 0 Å². The number of hydrogen-bond donors (Lipinski definition) is 1. The van der Waals surface area contributed by atoms with Gasteiger partial charge in [0.25, 0.3) is 10.0 Å². The summed E-state index contributed by atoms with van der Waals surface area (Å²) in [5, 5.41) is 2.59. The monoisotopic (exact) mass is 507 g/mol.